The maximum absolute atomic E-state index is 5.36. The Balaban J connectivity index is 2.45. The molecule has 0 aromatic heterocycles. The van der Waals surface area contributed by atoms with E-state index in [1.807, 2.05) is 6.07 Å². The van der Waals surface area contributed by atoms with E-state index in [1.165, 1.54) is 16.7 Å². The van der Waals surface area contributed by atoms with Gasteiger partial charge in [-0.1, -0.05) is 29.3 Å². The molecule has 94 valence electrons. The molecule has 0 bridgehead atoms. The van der Waals surface area contributed by atoms with Crippen LogP contribution in [0.15, 0.2) is 29.8 Å². The van der Waals surface area contributed by atoms with Crippen molar-refractivity contribution in [2.75, 3.05) is 20.2 Å². The molecule has 0 aliphatic heterocycles. The SMILES string of the molecule is COc1ccc(C)cc1CCNCC=C(C)C. The second-order valence-electron chi connectivity index (χ2n) is 4.55. The van der Waals surface area contributed by atoms with Gasteiger partial charge in [-0.25, -0.2) is 0 Å². The minimum Gasteiger partial charge on any atom is -0.496 e. The topological polar surface area (TPSA) is 21.3 Å². The molecule has 1 aromatic carbocycles. The van der Waals surface area contributed by atoms with Crippen LogP contribution < -0.4 is 10.1 Å². The normalized spacial score (nSPS) is 10.1. The summed E-state index contributed by atoms with van der Waals surface area (Å²) in [7, 11) is 1.73. The summed E-state index contributed by atoms with van der Waals surface area (Å²) in [6, 6.07) is 6.32. The van der Waals surface area contributed by atoms with E-state index in [4.69, 9.17) is 4.74 Å². The molecule has 2 heteroatoms. The molecule has 2 nitrogen and oxygen atoms in total. The monoisotopic (exact) mass is 233 g/mol. The number of hydrogen-bond acceptors (Lipinski definition) is 2. The summed E-state index contributed by atoms with van der Waals surface area (Å²) in [4.78, 5) is 0. The minimum atomic E-state index is 0.941. The van der Waals surface area contributed by atoms with Crippen molar-refractivity contribution in [3.8, 4) is 5.75 Å². The van der Waals surface area contributed by atoms with Crippen LogP contribution in [0.2, 0.25) is 0 Å². The summed E-state index contributed by atoms with van der Waals surface area (Å²) in [5.74, 6) is 0.986. The van der Waals surface area contributed by atoms with Crippen molar-refractivity contribution in [3.63, 3.8) is 0 Å². The van der Waals surface area contributed by atoms with E-state index in [2.05, 4.69) is 44.3 Å². The molecule has 0 spiro atoms. The average Bonchev–Trinajstić information content (AvgIpc) is 2.28. The molecule has 0 aliphatic rings. The van der Waals surface area contributed by atoms with E-state index >= 15 is 0 Å². The molecule has 0 aliphatic carbocycles. The first-order valence-electron chi connectivity index (χ1n) is 6.11. The summed E-state index contributed by atoms with van der Waals surface area (Å²) in [6.07, 6.45) is 3.20. The Bertz CT molecular complexity index is 379. The highest BCUT2D eigenvalue weighted by atomic mass is 16.5. The third-order valence-electron chi connectivity index (χ3n) is 2.66. The number of rotatable bonds is 6. The second kappa shape index (κ2) is 7.13. The van der Waals surface area contributed by atoms with E-state index < -0.39 is 0 Å². The Kier molecular flexibility index (Phi) is 5.78. The highest BCUT2D eigenvalue weighted by molar-refractivity contribution is 5.37. The Morgan fingerprint density at radius 2 is 2.12 bits per heavy atom. The van der Waals surface area contributed by atoms with Crippen molar-refractivity contribution < 1.29 is 4.74 Å². The number of benzene rings is 1. The van der Waals surface area contributed by atoms with Gasteiger partial charge in [-0.15, -0.1) is 0 Å². The molecule has 1 aromatic rings. The van der Waals surface area contributed by atoms with E-state index in [9.17, 15) is 0 Å². The fourth-order valence-corrected chi connectivity index (χ4v) is 1.70. The molecule has 0 amide bonds. The fourth-order valence-electron chi connectivity index (χ4n) is 1.70. The van der Waals surface area contributed by atoms with Gasteiger partial charge in [0.05, 0.1) is 7.11 Å². The number of allylic oxidation sites excluding steroid dienone is 1. The first kappa shape index (κ1) is 13.8. The number of hydrogen-bond donors (Lipinski definition) is 1. The van der Waals surface area contributed by atoms with E-state index in [-0.39, 0.29) is 0 Å². The molecule has 0 atom stereocenters. The summed E-state index contributed by atoms with van der Waals surface area (Å²) in [6.45, 7) is 8.26. The second-order valence-corrected chi connectivity index (χ2v) is 4.55. The lowest BCUT2D eigenvalue weighted by Crippen LogP contribution is -2.17. The highest BCUT2D eigenvalue weighted by Crippen LogP contribution is 2.19. The maximum Gasteiger partial charge on any atom is 0.122 e. The lowest BCUT2D eigenvalue weighted by Gasteiger charge is -2.09. The molecule has 1 rings (SSSR count). The van der Waals surface area contributed by atoms with Crippen LogP contribution in [-0.2, 0) is 6.42 Å². The standard InChI is InChI=1S/C15H23NO/c1-12(2)7-9-16-10-8-14-11-13(3)5-6-15(14)17-4/h5-7,11,16H,8-10H2,1-4H3. The van der Waals surface area contributed by atoms with Gasteiger partial charge < -0.3 is 10.1 Å². The van der Waals surface area contributed by atoms with Crippen LogP contribution in [-0.4, -0.2) is 20.2 Å². The van der Waals surface area contributed by atoms with Crippen molar-refractivity contribution in [1.82, 2.24) is 5.32 Å². The van der Waals surface area contributed by atoms with Crippen molar-refractivity contribution in [2.24, 2.45) is 0 Å². The van der Waals surface area contributed by atoms with Crippen molar-refractivity contribution in [3.05, 3.63) is 41.0 Å². The quantitative estimate of drug-likeness (QED) is 0.602. The zero-order valence-corrected chi connectivity index (χ0v) is 11.3. The third kappa shape index (κ3) is 5.05. The van der Waals surface area contributed by atoms with Crippen LogP contribution in [0.1, 0.15) is 25.0 Å². The van der Waals surface area contributed by atoms with Crippen LogP contribution in [0, 0.1) is 6.92 Å². The van der Waals surface area contributed by atoms with Crippen molar-refractivity contribution in [2.45, 2.75) is 27.2 Å². The maximum atomic E-state index is 5.36. The fraction of sp³-hybridized carbons (Fsp3) is 0.467. The van der Waals surface area contributed by atoms with E-state index in [0.717, 1.165) is 25.3 Å². The summed E-state index contributed by atoms with van der Waals surface area (Å²) in [5.41, 5.74) is 3.91. The lowest BCUT2D eigenvalue weighted by molar-refractivity contribution is 0.409. The molecular formula is C15H23NO. The van der Waals surface area contributed by atoms with Crippen LogP contribution in [0.25, 0.3) is 0 Å². The zero-order chi connectivity index (χ0) is 12.7. The smallest absolute Gasteiger partial charge is 0.122 e. The van der Waals surface area contributed by atoms with Gasteiger partial charge in [0.2, 0.25) is 0 Å². The van der Waals surface area contributed by atoms with Crippen LogP contribution in [0.5, 0.6) is 5.75 Å². The zero-order valence-electron chi connectivity index (χ0n) is 11.3. The van der Waals surface area contributed by atoms with Gasteiger partial charge in [0.25, 0.3) is 0 Å². The van der Waals surface area contributed by atoms with Gasteiger partial charge in [0, 0.05) is 6.54 Å². The molecule has 0 saturated carbocycles. The minimum absolute atomic E-state index is 0.941. The molecule has 0 fully saturated rings. The van der Waals surface area contributed by atoms with Gasteiger partial charge >= 0.3 is 0 Å². The highest BCUT2D eigenvalue weighted by Gasteiger charge is 2.02. The largest absolute Gasteiger partial charge is 0.496 e. The molecule has 0 unspecified atom stereocenters. The van der Waals surface area contributed by atoms with Crippen LogP contribution in [0.3, 0.4) is 0 Å². The average molecular weight is 233 g/mol. The van der Waals surface area contributed by atoms with Gasteiger partial charge in [-0.05, 0) is 45.4 Å². The molecule has 0 radical (unpaired) electrons. The Morgan fingerprint density at radius 1 is 1.35 bits per heavy atom. The molecule has 0 heterocycles. The predicted octanol–water partition coefficient (Wildman–Crippen LogP) is 3.10. The van der Waals surface area contributed by atoms with Gasteiger partial charge in [-0.3, -0.25) is 0 Å². The van der Waals surface area contributed by atoms with Gasteiger partial charge in [0.1, 0.15) is 5.75 Å². The molecular weight excluding hydrogens is 210 g/mol. The van der Waals surface area contributed by atoms with Crippen molar-refractivity contribution in [1.29, 1.82) is 0 Å². The number of methoxy groups -OCH3 is 1. The number of aryl methyl sites for hydroxylation is 1. The lowest BCUT2D eigenvalue weighted by atomic mass is 10.1. The van der Waals surface area contributed by atoms with Gasteiger partial charge in [0.15, 0.2) is 0 Å². The molecule has 1 N–H and O–H groups in total. The summed E-state index contributed by atoms with van der Waals surface area (Å²) >= 11 is 0. The molecule has 0 saturated heterocycles. The van der Waals surface area contributed by atoms with Gasteiger partial charge in [-0.2, -0.15) is 0 Å². The molecule has 17 heavy (non-hydrogen) atoms. The van der Waals surface area contributed by atoms with Crippen molar-refractivity contribution >= 4 is 0 Å². The van der Waals surface area contributed by atoms with E-state index in [0.29, 0.717) is 0 Å². The predicted molar refractivity (Wildman–Crippen MR) is 73.7 cm³/mol. The summed E-state index contributed by atoms with van der Waals surface area (Å²) in [5, 5.41) is 3.40. The van der Waals surface area contributed by atoms with Crippen LogP contribution in [0.4, 0.5) is 0 Å². The number of nitrogens with one attached hydrogen (secondary N) is 1. The Morgan fingerprint density at radius 3 is 2.76 bits per heavy atom. The Hall–Kier alpha value is -1.28. The number of ether oxygens (including phenoxy) is 1. The first-order valence-corrected chi connectivity index (χ1v) is 6.11. The van der Waals surface area contributed by atoms with Crippen LogP contribution >= 0.6 is 0 Å². The third-order valence-corrected chi connectivity index (χ3v) is 2.66. The Labute approximate surface area is 105 Å². The summed E-state index contributed by atoms with van der Waals surface area (Å²) < 4.78 is 5.36. The first-order chi connectivity index (χ1) is 8.13. The van der Waals surface area contributed by atoms with E-state index in [1.54, 1.807) is 7.11 Å².